The number of hydrogen-bond acceptors (Lipinski definition) is 2. The van der Waals surface area contributed by atoms with E-state index in [0.29, 0.717) is 5.92 Å². The van der Waals surface area contributed by atoms with Gasteiger partial charge in [-0.05, 0) is 63.8 Å². The Morgan fingerprint density at radius 1 is 1.07 bits per heavy atom. The molecule has 1 atom stereocenters. The fourth-order valence-electron chi connectivity index (χ4n) is 3.66. The molecule has 1 unspecified atom stereocenters. The van der Waals surface area contributed by atoms with Crippen LogP contribution in [0.5, 0.6) is 0 Å². The van der Waals surface area contributed by atoms with E-state index in [0.717, 1.165) is 32.1 Å². The van der Waals surface area contributed by atoms with Gasteiger partial charge in [0.2, 0.25) is 0 Å². The molecule has 0 bridgehead atoms. The van der Waals surface area contributed by atoms with Gasteiger partial charge in [0, 0.05) is 13.1 Å². The highest BCUT2D eigenvalue weighted by atomic mass is 127. The average Bonchev–Trinajstić information content (AvgIpc) is 3.16. The third kappa shape index (κ3) is 5.48. The van der Waals surface area contributed by atoms with Crippen molar-refractivity contribution in [2.75, 3.05) is 19.3 Å². The zero-order chi connectivity index (χ0) is 20.2. The summed E-state index contributed by atoms with van der Waals surface area (Å²) in [5, 5.41) is 2.90. The SMILES string of the molecule is CC(C)(C)OC(=O)N1CCC(CC[P+](I)(c2ccccc2)c2ccccc2)C1. The summed E-state index contributed by atoms with van der Waals surface area (Å²) >= 11 is 2.74. The summed E-state index contributed by atoms with van der Waals surface area (Å²) in [4.78, 5) is 12.8. The first-order chi connectivity index (χ1) is 13.3. The second-order valence-electron chi connectivity index (χ2n) is 8.48. The Balaban J connectivity index is 1.68. The van der Waals surface area contributed by atoms with Crippen LogP contribution in [-0.4, -0.2) is 35.8 Å². The van der Waals surface area contributed by atoms with Crippen molar-refractivity contribution in [3.05, 3.63) is 60.7 Å². The Kier molecular flexibility index (Phi) is 7.03. The van der Waals surface area contributed by atoms with Gasteiger partial charge < -0.3 is 9.64 Å². The van der Waals surface area contributed by atoms with Crippen LogP contribution in [0.1, 0.15) is 33.6 Å². The summed E-state index contributed by atoms with van der Waals surface area (Å²) in [5.74, 6) is 0.550. The highest BCUT2D eigenvalue weighted by molar-refractivity contribution is 14.2. The maximum absolute atomic E-state index is 12.4. The minimum absolute atomic E-state index is 0.170. The lowest BCUT2D eigenvalue weighted by Gasteiger charge is -2.25. The van der Waals surface area contributed by atoms with Gasteiger partial charge in [-0.2, -0.15) is 0 Å². The number of nitrogens with zero attached hydrogens (tertiary/aromatic N) is 1. The molecule has 3 rings (SSSR count). The molecule has 0 saturated carbocycles. The van der Waals surface area contributed by atoms with E-state index >= 15 is 0 Å². The van der Waals surface area contributed by atoms with Crippen LogP contribution in [0.2, 0.25) is 0 Å². The molecule has 0 spiro atoms. The van der Waals surface area contributed by atoms with E-state index in [1.165, 1.54) is 10.6 Å². The first-order valence-corrected chi connectivity index (χ1v) is 14.7. The zero-order valence-corrected chi connectivity index (χ0v) is 20.0. The second-order valence-corrected chi connectivity index (χ2v) is 16.3. The minimum Gasteiger partial charge on any atom is -0.444 e. The lowest BCUT2D eigenvalue weighted by Crippen LogP contribution is -2.35. The standard InChI is InChI=1S/C23H30INO2P/c1-23(2,3)27-22(26)25-16-14-19(18-25)15-17-28(24,20-10-6-4-7-11-20)21-12-8-5-9-13-21/h4-13,19H,14-18H2,1-3H3/q+1. The molecule has 1 fully saturated rings. The van der Waals surface area contributed by atoms with Crippen LogP contribution in [0, 0.1) is 5.92 Å². The number of ether oxygens (including phenoxy) is 1. The summed E-state index contributed by atoms with van der Waals surface area (Å²) in [6.07, 6.45) is 3.20. The highest BCUT2D eigenvalue weighted by Gasteiger charge is 2.41. The fraction of sp³-hybridized carbons (Fsp3) is 0.435. The molecule has 2 aromatic carbocycles. The van der Waals surface area contributed by atoms with Crippen LogP contribution in [0.3, 0.4) is 0 Å². The first kappa shape index (κ1) is 21.6. The molecule has 2 aromatic rings. The summed E-state index contributed by atoms with van der Waals surface area (Å²) in [6.45, 7) is 7.39. The zero-order valence-electron chi connectivity index (χ0n) is 17.0. The number of hydrogen-bond donors (Lipinski definition) is 0. The van der Waals surface area contributed by atoms with Crippen LogP contribution in [0.4, 0.5) is 4.79 Å². The lowest BCUT2D eigenvalue weighted by molar-refractivity contribution is 0.0288. The topological polar surface area (TPSA) is 29.5 Å². The van der Waals surface area contributed by atoms with Crippen LogP contribution in [0.25, 0.3) is 0 Å². The predicted octanol–water partition coefficient (Wildman–Crippen LogP) is 5.65. The monoisotopic (exact) mass is 510 g/mol. The highest BCUT2D eigenvalue weighted by Crippen LogP contribution is 2.65. The lowest BCUT2D eigenvalue weighted by atomic mass is 10.1. The summed E-state index contributed by atoms with van der Waals surface area (Å²) in [6, 6.07) is 21.8. The number of rotatable bonds is 5. The van der Waals surface area contributed by atoms with Crippen LogP contribution < -0.4 is 10.6 Å². The molecule has 3 nitrogen and oxygen atoms in total. The number of carbonyl (C=O) groups excluding carboxylic acids is 1. The van der Waals surface area contributed by atoms with E-state index < -0.39 is 10.5 Å². The Morgan fingerprint density at radius 2 is 1.61 bits per heavy atom. The molecule has 28 heavy (non-hydrogen) atoms. The third-order valence-corrected chi connectivity index (χ3v) is 13.0. The van der Waals surface area contributed by atoms with Gasteiger partial charge in [0.1, 0.15) is 21.1 Å². The van der Waals surface area contributed by atoms with Crippen molar-refractivity contribution in [1.29, 1.82) is 0 Å². The van der Waals surface area contributed by atoms with E-state index in [-0.39, 0.29) is 6.09 Å². The van der Waals surface area contributed by atoms with Crippen molar-refractivity contribution in [3.8, 4) is 0 Å². The number of halogens is 1. The second kappa shape index (κ2) is 9.13. The molecule has 150 valence electrons. The summed E-state index contributed by atoms with van der Waals surface area (Å²) < 4.78 is 5.55. The van der Waals surface area contributed by atoms with E-state index in [1.54, 1.807) is 0 Å². The Bertz CT molecular complexity index is 737. The number of benzene rings is 2. The molecule has 0 aliphatic carbocycles. The van der Waals surface area contributed by atoms with Gasteiger partial charge in [-0.3, -0.25) is 0 Å². The van der Waals surface area contributed by atoms with Gasteiger partial charge in [0.25, 0.3) is 0 Å². The molecule has 0 radical (unpaired) electrons. The normalized spacial score (nSPS) is 17.6. The molecular weight excluding hydrogens is 480 g/mol. The number of carbonyl (C=O) groups is 1. The van der Waals surface area contributed by atoms with Gasteiger partial charge in [0.15, 0.2) is 22.0 Å². The molecule has 1 aliphatic rings. The summed E-state index contributed by atoms with van der Waals surface area (Å²) in [7, 11) is 0. The van der Waals surface area contributed by atoms with E-state index in [4.69, 9.17) is 4.74 Å². The van der Waals surface area contributed by atoms with Gasteiger partial charge in [0.05, 0.1) is 6.16 Å². The number of likely N-dealkylation sites (tertiary alicyclic amines) is 1. The van der Waals surface area contributed by atoms with E-state index in [1.807, 2.05) is 25.7 Å². The molecule has 1 heterocycles. The van der Waals surface area contributed by atoms with Crippen molar-refractivity contribution in [2.45, 2.75) is 39.2 Å². The van der Waals surface area contributed by atoms with Crippen molar-refractivity contribution in [1.82, 2.24) is 4.90 Å². The van der Waals surface area contributed by atoms with Crippen LogP contribution in [0.15, 0.2) is 60.7 Å². The minimum atomic E-state index is -1.47. The maximum Gasteiger partial charge on any atom is 0.410 e. The molecular formula is C23H30INO2P+. The van der Waals surface area contributed by atoms with Gasteiger partial charge in [-0.25, -0.2) is 4.79 Å². The Morgan fingerprint density at radius 3 is 2.11 bits per heavy atom. The predicted molar refractivity (Wildman–Crippen MR) is 128 cm³/mol. The fourth-order valence-corrected chi connectivity index (χ4v) is 9.25. The quantitative estimate of drug-likeness (QED) is 0.384. The van der Waals surface area contributed by atoms with Crippen molar-refractivity contribution >= 4 is 43.6 Å². The van der Waals surface area contributed by atoms with Crippen molar-refractivity contribution in [2.24, 2.45) is 5.92 Å². The van der Waals surface area contributed by atoms with Crippen molar-refractivity contribution in [3.63, 3.8) is 0 Å². The smallest absolute Gasteiger partial charge is 0.410 e. The third-order valence-electron chi connectivity index (χ3n) is 5.11. The Labute approximate surface area is 182 Å². The summed E-state index contributed by atoms with van der Waals surface area (Å²) in [5.41, 5.74) is -0.432. The molecule has 1 saturated heterocycles. The maximum atomic E-state index is 12.4. The van der Waals surface area contributed by atoms with Gasteiger partial charge >= 0.3 is 6.09 Å². The average molecular weight is 510 g/mol. The molecule has 1 aliphatic heterocycles. The van der Waals surface area contributed by atoms with Crippen LogP contribution >= 0.6 is 26.9 Å². The van der Waals surface area contributed by atoms with E-state index in [2.05, 4.69) is 82.7 Å². The number of amides is 1. The van der Waals surface area contributed by atoms with Gasteiger partial charge in [-0.1, -0.05) is 36.4 Å². The van der Waals surface area contributed by atoms with E-state index in [9.17, 15) is 4.79 Å². The Hall–Kier alpha value is -1.13. The van der Waals surface area contributed by atoms with Crippen LogP contribution in [-0.2, 0) is 4.74 Å². The first-order valence-electron chi connectivity index (χ1n) is 9.95. The van der Waals surface area contributed by atoms with Crippen molar-refractivity contribution < 1.29 is 9.53 Å². The molecule has 0 aromatic heterocycles. The van der Waals surface area contributed by atoms with Gasteiger partial charge in [-0.15, -0.1) is 0 Å². The molecule has 0 N–H and O–H groups in total. The molecule has 1 amide bonds. The largest absolute Gasteiger partial charge is 0.444 e. The molecule has 5 heteroatoms.